The maximum atomic E-state index is 11.2. The zero-order chi connectivity index (χ0) is 11.7. The Balaban J connectivity index is 3.37. The van der Waals surface area contributed by atoms with E-state index in [0.717, 1.165) is 13.2 Å². The minimum absolute atomic E-state index is 0.0520. The topological polar surface area (TPSA) is 126 Å². The zero-order valence-corrected chi connectivity index (χ0v) is 8.73. The molecule has 1 aliphatic rings. The molecule has 84 valence electrons. The first-order chi connectivity index (χ1) is 6.87. The monoisotopic (exact) mass is 233 g/mol. The van der Waals surface area contributed by atoms with Crippen LogP contribution < -0.4 is 5.73 Å². The molecule has 2 atom stereocenters. The van der Waals surface area contributed by atoms with Gasteiger partial charge in [0, 0.05) is 7.11 Å². The smallest absolute Gasteiger partial charge is 0.301 e. The van der Waals surface area contributed by atoms with Crippen molar-refractivity contribution in [1.29, 1.82) is 5.53 Å². The van der Waals surface area contributed by atoms with Gasteiger partial charge in [-0.05, 0) is 12.2 Å². The first-order valence-corrected chi connectivity index (χ1v) is 5.37. The van der Waals surface area contributed by atoms with Crippen LogP contribution in [0.3, 0.4) is 0 Å². The van der Waals surface area contributed by atoms with Gasteiger partial charge in [0.1, 0.15) is 0 Å². The highest BCUT2D eigenvalue weighted by Crippen LogP contribution is 2.29. The maximum absolute atomic E-state index is 11.2. The van der Waals surface area contributed by atoms with E-state index in [2.05, 4.69) is 5.11 Å². The van der Waals surface area contributed by atoms with Crippen LogP contribution in [-0.2, 0) is 14.9 Å². The van der Waals surface area contributed by atoms with Gasteiger partial charge >= 0.3 is 10.1 Å². The standard InChI is InChI=1S/C7H11N3O4S/c1-14-7(15(11,12)13)4-5(10-9)2-3-6(7)8/h2-4,6,9H,8H2,1H3,(H,11,12,13)/t6-,7+/m0/s1. The molecule has 0 radical (unpaired) electrons. The Labute approximate surface area is 86.9 Å². The van der Waals surface area contributed by atoms with E-state index in [4.69, 9.17) is 20.6 Å². The molecule has 0 bridgehead atoms. The van der Waals surface area contributed by atoms with Crippen molar-refractivity contribution >= 4 is 10.1 Å². The molecule has 1 rings (SSSR count). The Hall–Kier alpha value is -1.09. The minimum Gasteiger partial charge on any atom is -0.355 e. The summed E-state index contributed by atoms with van der Waals surface area (Å²) < 4.78 is 36.2. The summed E-state index contributed by atoms with van der Waals surface area (Å²) in [4.78, 5) is -2.07. The van der Waals surface area contributed by atoms with Crippen LogP contribution in [0.25, 0.3) is 0 Å². The molecule has 15 heavy (non-hydrogen) atoms. The van der Waals surface area contributed by atoms with Crippen molar-refractivity contribution in [2.45, 2.75) is 11.0 Å². The average Bonchev–Trinajstić information content (AvgIpc) is 2.17. The zero-order valence-electron chi connectivity index (χ0n) is 7.91. The normalized spacial score (nSPS) is 31.1. The van der Waals surface area contributed by atoms with E-state index in [-0.39, 0.29) is 5.70 Å². The summed E-state index contributed by atoms with van der Waals surface area (Å²) in [5.74, 6) is 0. The highest BCUT2D eigenvalue weighted by atomic mass is 32.2. The first-order valence-electron chi connectivity index (χ1n) is 3.93. The van der Waals surface area contributed by atoms with Crippen molar-refractivity contribution in [3.63, 3.8) is 0 Å². The quantitative estimate of drug-likeness (QED) is 0.468. The summed E-state index contributed by atoms with van der Waals surface area (Å²) in [6.45, 7) is 0. The van der Waals surface area contributed by atoms with Gasteiger partial charge in [0.05, 0.1) is 11.7 Å². The van der Waals surface area contributed by atoms with Crippen LogP contribution >= 0.6 is 0 Å². The Morgan fingerprint density at radius 3 is 2.73 bits per heavy atom. The second-order valence-electron chi connectivity index (χ2n) is 2.97. The van der Waals surface area contributed by atoms with E-state index >= 15 is 0 Å². The lowest BCUT2D eigenvalue weighted by atomic mass is 10.0. The number of nitrogens with two attached hydrogens (primary N) is 1. The summed E-state index contributed by atoms with van der Waals surface area (Å²) in [7, 11) is -3.45. The number of hydrogen-bond donors (Lipinski definition) is 3. The van der Waals surface area contributed by atoms with Gasteiger partial charge in [-0.3, -0.25) is 4.55 Å². The Kier molecular flexibility index (Phi) is 3.05. The molecule has 1 aliphatic carbocycles. The molecule has 0 heterocycles. The number of hydrogen-bond acceptors (Lipinski definition) is 6. The molecule has 0 saturated carbocycles. The number of methoxy groups -OCH3 is 1. The average molecular weight is 233 g/mol. The van der Waals surface area contributed by atoms with Crippen LogP contribution in [0.5, 0.6) is 0 Å². The molecule has 0 aliphatic heterocycles. The number of allylic oxidation sites excluding steroid dienone is 1. The summed E-state index contributed by atoms with van der Waals surface area (Å²) >= 11 is 0. The van der Waals surface area contributed by atoms with E-state index in [0.29, 0.717) is 0 Å². The molecule has 0 aromatic heterocycles. The summed E-state index contributed by atoms with van der Waals surface area (Å²) in [6, 6.07) is -1.05. The Morgan fingerprint density at radius 1 is 1.73 bits per heavy atom. The van der Waals surface area contributed by atoms with Gasteiger partial charge < -0.3 is 10.5 Å². The molecule has 0 unspecified atom stereocenters. The third-order valence-electron chi connectivity index (χ3n) is 2.14. The van der Waals surface area contributed by atoms with Crippen LogP contribution in [0, 0.1) is 5.53 Å². The number of ether oxygens (including phenoxy) is 1. The molecule has 0 aromatic rings. The van der Waals surface area contributed by atoms with Crippen LogP contribution in [0.15, 0.2) is 29.0 Å². The molecule has 4 N–H and O–H groups in total. The Morgan fingerprint density at radius 2 is 2.33 bits per heavy atom. The van der Waals surface area contributed by atoms with Crippen molar-refractivity contribution in [1.82, 2.24) is 0 Å². The fourth-order valence-corrected chi connectivity index (χ4v) is 2.21. The molecule has 0 saturated heterocycles. The second-order valence-corrected chi connectivity index (χ2v) is 4.55. The number of nitrogens with zero attached hydrogens (tertiary/aromatic N) is 1. The van der Waals surface area contributed by atoms with Gasteiger partial charge in [-0.1, -0.05) is 6.08 Å². The first kappa shape index (κ1) is 12.0. The van der Waals surface area contributed by atoms with Gasteiger partial charge in [0.25, 0.3) is 0 Å². The fourth-order valence-electron chi connectivity index (χ4n) is 1.30. The summed E-state index contributed by atoms with van der Waals surface area (Å²) in [5, 5.41) is 3.05. The molecule has 0 fully saturated rings. The highest BCUT2D eigenvalue weighted by Gasteiger charge is 2.48. The third kappa shape index (κ3) is 1.84. The van der Waals surface area contributed by atoms with Crippen molar-refractivity contribution < 1.29 is 17.7 Å². The largest absolute Gasteiger partial charge is 0.355 e. The Bertz CT molecular complexity index is 428. The van der Waals surface area contributed by atoms with E-state index in [1.165, 1.54) is 12.2 Å². The predicted molar refractivity (Wildman–Crippen MR) is 51.6 cm³/mol. The van der Waals surface area contributed by atoms with Crippen LogP contribution in [0.1, 0.15) is 0 Å². The van der Waals surface area contributed by atoms with Crippen molar-refractivity contribution in [2.24, 2.45) is 10.8 Å². The second kappa shape index (κ2) is 3.81. The lowest BCUT2D eigenvalue weighted by Gasteiger charge is -2.32. The van der Waals surface area contributed by atoms with E-state index in [9.17, 15) is 8.42 Å². The van der Waals surface area contributed by atoms with Crippen LogP contribution in [-0.4, -0.2) is 31.1 Å². The van der Waals surface area contributed by atoms with Crippen molar-refractivity contribution in [3.8, 4) is 0 Å². The van der Waals surface area contributed by atoms with Gasteiger partial charge in [-0.2, -0.15) is 13.5 Å². The summed E-state index contributed by atoms with van der Waals surface area (Å²) in [5.41, 5.74) is 12.3. The van der Waals surface area contributed by atoms with Crippen LogP contribution in [0.4, 0.5) is 0 Å². The van der Waals surface area contributed by atoms with E-state index in [1.54, 1.807) is 0 Å². The SMILES string of the molecule is CO[C@@]1(S(=O)(=O)O)C=C(N=N)C=C[C@@H]1N. The lowest BCUT2D eigenvalue weighted by molar-refractivity contribution is 0.0808. The molecule has 0 aromatic carbocycles. The predicted octanol–water partition coefficient (Wildman–Crippen LogP) is 0.0289. The van der Waals surface area contributed by atoms with Gasteiger partial charge in [0.15, 0.2) is 0 Å². The molecule has 7 nitrogen and oxygen atoms in total. The fraction of sp³-hybridized carbons (Fsp3) is 0.429. The van der Waals surface area contributed by atoms with Crippen LogP contribution in [0.2, 0.25) is 0 Å². The van der Waals surface area contributed by atoms with Gasteiger partial charge in [-0.15, -0.1) is 0 Å². The van der Waals surface area contributed by atoms with Gasteiger partial charge in [-0.25, -0.2) is 5.53 Å². The van der Waals surface area contributed by atoms with Gasteiger partial charge in [0.2, 0.25) is 4.93 Å². The molecular formula is C7H11N3O4S. The molecule has 0 spiro atoms. The number of rotatable bonds is 3. The lowest BCUT2D eigenvalue weighted by Crippen LogP contribution is -2.53. The molecular weight excluding hydrogens is 222 g/mol. The van der Waals surface area contributed by atoms with E-state index in [1.807, 2.05) is 0 Å². The number of nitrogens with one attached hydrogen (secondary N) is 1. The summed E-state index contributed by atoms with van der Waals surface area (Å²) in [6.07, 6.45) is 3.67. The highest BCUT2D eigenvalue weighted by molar-refractivity contribution is 7.87. The van der Waals surface area contributed by atoms with E-state index < -0.39 is 21.1 Å². The molecule has 8 heteroatoms. The van der Waals surface area contributed by atoms with Crippen molar-refractivity contribution in [3.05, 3.63) is 23.9 Å². The maximum Gasteiger partial charge on any atom is 0.301 e. The molecule has 0 amide bonds. The third-order valence-corrected chi connectivity index (χ3v) is 3.50. The van der Waals surface area contributed by atoms with Crippen molar-refractivity contribution in [2.75, 3.05) is 7.11 Å². The minimum atomic E-state index is -4.55.